The molecule has 6 nitrogen and oxygen atoms in total. The van der Waals surface area contributed by atoms with Gasteiger partial charge >= 0.3 is 0 Å². The summed E-state index contributed by atoms with van der Waals surface area (Å²) in [5.41, 5.74) is 0.698. The quantitative estimate of drug-likeness (QED) is 0.604. The Bertz CT molecular complexity index is 851. The molecule has 2 aliphatic carbocycles. The number of thioether (sulfide) groups is 1. The minimum Gasteiger partial charge on any atom is -0.353 e. The second-order valence-electron chi connectivity index (χ2n) is 7.81. The molecule has 0 spiro atoms. The molecule has 0 unspecified atom stereocenters. The van der Waals surface area contributed by atoms with E-state index in [2.05, 4.69) is 10.2 Å². The number of hydrogen-bond donors (Lipinski definition) is 1. The van der Waals surface area contributed by atoms with Gasteiger partial charge in [0, 0.05) is 30.7 Å². The van der Waals surface area contributed by atoms with Crippen molar-refractivity contribution in [1.29, 1.82) is 0 Å². The SMILES string of the molecule is O=C(CN(CC1CC1)C1CC1)NCCN1C(=O)S/C(=C\c2ccccc2Cl)C1=O. The third kappa shape index (κ3) is 5.41. The zero-order valence-corrected chi connectivity index (χ0v) is 17.7. The molecule has 29 heavy (non-hydrogen) atoms. The van der Waals surface area contributed by atoms with Gasteiger partial charge in [0.25, 0.3) is 11.1 Å². The Hall–Kier alpha value is -1.83. The van der Waals surface area contributed by atoms with E-state index in [-0.39, 0.29) is 30.1 Å². The van der Waals surface area contributed by atoms with Crippen LogP contribution in [0.5, 0.6) is 0 Å². The lowest BCUT2D eigenvalue weighted by Crippen LogP contribution is -2.42. The van der Waals surface area contributed by atoms with Crippen LogP contribution in [0.25, 0.3) is 6.08 Å². The van der Waals surface area contributed by atoms with Gasteiger partial charge in [-0.25, -0.2) is 0 Å². The Labute approximate surface area is 179 Å². The number of nitrogens with zero attached hydrogens (tertiary/aromatic N) is 2. The van der Waals surface area contributed by atoms with Gasteiger partial charge in [-0.3, -0.25) is 24.2 Å². The van der Waals surface area contributed by atoms with Crippen LogP contribution in [-0.4, -0.2) is 59.1 Å². The molecule has 1 aromatic carbocycles. The molecule has 2 saturated carbocycles. The van der Waals surface area contributed by atoms with Gasteiger partial charge in [-0.05, 0) is 61.1 Å². The van der Waals surface area contributed by atoms with Crippen molar-refractivity contribution in [3.05, 3.63) is 39.8 Å². The van der Waals surface area contributed by atoms with Crippen molar-refractivity contribution in [3.8, 4) is 0 Å². The molecule has 0 bridgehead atoms. The Morgan fingerprint density at radius 3 is 2.69 bits per heavy atom. The molecule has 3 aliphatic rings. The zero-order valence-electron chi connectivity index (χ0n) is 16.1. The van der Waals surface area contributed by atoms with E-state index < -0.39 is 0 Å². The molecular formula is C21H24ClN3O3S. The van der Waals surface area contributed by atoms with E-state index in [1.165, 1.54) is 30.6 Å². The van der Waals surface area contributed by atoms with Crippen LogP contribution in [0.4, 0.5) is 4.79 Å². The first-order valence-corrected chi connectivity index (χ1v) is 11.2. The maximum Gasteiger partial charge on any atom is 0.293 e. The molecule has 1 aliphatic heterocycles. The van der Waals surface area contributed by atoms with Gasteiger partial charge in [0.2, 0.25) is 5.91 Å². The Kier molecular flexibility index (Phi) is 6.27. The first-order chi connectivity index (χ1) is 14.0. The van der Waals surface area contributed by atoms with Gasteiger partial charge in [-0.15, -0.1) is 0 Å². The van der Waals surface area contributed by atoms with E-state index in [1.807, 2.05) is 12.1 Å². The Morgan fingerprint density at radius 1 is 1.24 bits per heavy atom. The molecule has 1 heterocycles. The Morgan fingerprint density at radius 2 is 2.00 bits per heavy atom. The lowest BCUT2D eigenvalue weighted by molar-refractivity contribution is -0.124. The lowest BCUT2D eigenvalue weighted by atomic mass is 10.2. The highest BCUT2D eigenvalue weighted by Crippen LogP contribution is 2.35. The normalized spacial score (nSPS) is 20.8. The van der Waals surface area contributed by atoms with Gasteiger partial charge in [-0.2, -0.15) is 0 Å². The maximum atomic E-state index is 12.6. The average Bonchev–Trinajstić information content (AvgIpc) is 3.59. The summed E-state index contributed by atoms with van der Waals surface area (Å²) < 4.78 is 0. The maximum absolute atomic E-state index is 12.6. The van der Waals surface area contributed by atoms with Crippen LogP contribution < -0.4 is 5.32 Å². The summed E-state index contributed by atoms with van der Waals surface area (Å²) in [7, 11) is 0. The molecule has 3 amide bonds. The molecule has 0 aromatic heterocycles. The van der Waals surface area contributed by atoms with E-state index >= 15 is 0 Å². The average molecular weight is 434 g/mol. The summed E-state index contributed by atoms with van der Waals surface area (Å²) >= 11 is 7.03. The summed E-state index contributed by atoms with van der Waals surface area (Å²) in [5, 5.41) is 3.06. The molecule has 1 aromatic rings. The molecule has 3 fully saturated rings. The highest BCUT2D eigenvalue weighted by atomic mass is 35.5. The van der Waals surface area contributed by atoms with Crippen LogP contribution in [0.1, 0.15) is 31.2 Å². The summed E-state index contributed by atoms with van der Waals surface area (Å²) in [4.78, 5) is 40.9. The van der Waals surface area contributed by atoms with Crippen LogP contribution >= 0.6 is 23.4 Å². The first-order valence-electron chi connectivity index (χ1n) is 10.0. The predicted octanol–water partition coefficient (Wildman–Crippen LogP) is 3.37. The number of rotatable bonds is 9. The van der Waals surface area contributed by atoms with E-state index in [1.54, 1.807) is 18.2 Å². The third-order valence-corrected chi connectivity index (χ3v) is 6.57. The van der Waals surface area contributed by atoms with Gasteiger partial charge < -0.3 is 5.32 Å². The van der Waals surface area contributed by atoms with Crippen molar-refractivity contribution >= 4 is 46.5 Å². The summed E-state index contributed by atoms with van der Waals surface area (Å²) in [6.45, 7) is 1.84. The van der Waals surface area contributed by atoms with Crippen LogP contribution in [0.3, 0.4) is 0 Å². The fraction of sp³-hybridized carbons (Fsp3) is 0.476. The topological polar surface area (TPSA) is 69.7 Å². The number of imide groups is 1. The van der Waals surface area contributed by atoms with Crippen LogP contribution in [-0.2, 0) is 9.59 Å². The number of nitrogens with one attached hydrogen (secondary N) is 1. The zero-order chi connectivity index (χ0) is 20.4. The fourth-order valence-electron chi connectivity index (χ4n) is 3.39. The van der Waals surface area contributed by atoms with Gasteiger partial charge in [-0.1, -0.05) is 29.8 Å². The van der Waals surface area contributed by atoms with Crippen molar-refractivity contribution in [3.63, 3.8) is 0 Å². The number of halogens is 1. The van der Waals surface area contributed by atoms with Gasteiger partial charge in [0.15, 0.2) is 0 Å². The van der Waals surface area contributed by atoms with E-state index in [0.29, 0.717) is 28.1 Å². The fourth-order valence-corrected chi connectivity index (χ4v) is 4.43. The number of amides is 3. The van der Waals surface area contributed by atoms with Crippen molar-refractivity contribution < 1.29 is 14.4 Å². The third-order valence-electron chi connectivity index (χ3n) is 5.32. The molecule has 1 saturated heterocycles. The largest absolute Gasteiger partial charge is 0.353 e. The lowest BCUT2D eigenvalue weighted by Gasteiger charge is -2.21. The van der Waals surface area contributed by atoms with E-state index in [9.17, 15) is 14.4 Å². The van der Waals surface area contributed by atoms with Crippen LogP contribution in [0.2, 0.25) is 5.02 Å². The van der Waals surface area contributed by atoms with E-state index in [4.69, 9.17) is 11.6 Å². The predicted molar refractivity (Wildman–Crippen MR) is 114 cm³/mol. The van der Waals surface area contributed by atoms with Crippen molar-refractivity contribution in [1.82, 2.24) is 15.1 Å². The molecule has 0 atom stereocenters. The van der Waals surface area contributed by atoms with Crippen LogP contribution in [0, 0.1) is 5.92 Å². The molecular weight excluding hydrogens is 410 g/mol. The minimum absolute atomic E-state index is 0.0452. The smallest absolute Gasteiger partial charge is 0.293 e. The Balaban J connectivity index is 1.27. The highest BCUT2D eigenvalue weighted by molar-refractivity contribution is 8.18. The van der Waals surface area contributed by atoms with Gasteiger partial charge in [0.1, 0.15) is 0 Å². The number of hydrogen-bond acceptors (Lipinski definition) is 5. The molecule has 4 rings (SSSR count). The molecule has 154 valence electrons. The standard InChI is InChI=1S/C21H24ClN3O3S/c22-17-4-2-1-3-15(17)11-18-20(27)25(21(28)29-18)10-9-23-19(26)13-24(16-7-8-16)12-14-5-6-14/h1-4,11,14,16H,5-10,12-13H2,(H,23,26)/b18-11-. The van der Waals surface area contributed by atoms with Crippen molar-refractivity contribution in [2.45, 2.75) is 31.7 Å². The van der Waals surface area contributed by atoms with Gasteiger partial charge in [0.05, 0.1) is 11.4 Å². The van der Waals surface area contributed by atoms with E-state index in [0.717, 1.165) is 24.2 Å². The summed E-state index contributed by atoms with van der Waals surface area (Å²) in [5.74, 6) is 0.363. The summed E-state index contributed by atoms with van der Waals surface area (Å²) in [6.07, 6.45) is 6.53. The number of benzene rings is 1. The highest BCUT2D eigenvalue weighted by Gasteiger charge is 2.36. The number of carbonyl (C=O) groups is 3. The van der Waals surface area contributed by atoms with Crippen molar-refractivity contribution in [2.75, 3.05) is 26.2 Å². The minimum atomic E-state index is -0.345. The van der Waals surface area contributed by atoms with Crippen LogP contribution in [0.15, 0.2) is 29.2 Å². The van der Waals surface area contributed by atoms with Crippen molar-refractivity contribution in [2.24, 2.45) is 5.92 Å². The first kappa shape index (κ1) is 20.4. The molecule has 8 heteroatoms. The summed E-state index contributed by atoms with van der Waals surface area (Å²) in [6, 6.07) is 7.72. The molecule has 0 radical (unpaired) electrons. The second kappa shape index (κ2) is 8.90. The number of carbonyl (C=O) groups excluding carboxylic acids is 3. The monoisotopic (exact) mass is 433 g/mol. The molecule has 1 N–H and O–H groups in total. The second-order valence-corrected chi connectivity index (χ2v) is 9.21.